The van der Waals surface area contributed by atoms with Gasteiger partial charge in [-0.05, 0) is 0 Å². The summed E-state index contributed by atoms with van der Waals surface area (Å²) in [5.41, 5.74) is 0.250. The van der Waals surface area contributed by atoms with Gasteiger partial charge in [-0.3, -0.25) is 0 Å². The average Bonchev–Trinajstić information content (AvgIpc) is 2.81. The van der Waals surface area contributed by atoms with Crippen LogP contribution in [-0.4, -0.2) is 0 Å². The molecule has 2 rings (SSSR count). The van der Waals surface area contributed by atoms with E-state index in [1.54, 1.807) is 0 Å². The third kappa shape index (κ3) is 31.3. The molecule has 0 radical (unpaired) electrons. The minimum absolute atomic E-state index is 0. The summed E-state index contributed by atoms with van der Waals surface area (Å²) in [6.45, 7) is 10.0. The first-order valence-electron chi connectivity index (χ1n) is 5.19. The van der Waals surface area contributed by atoms with Crippen LogP contribution in [0.2, 0.25) is 0 Å². The van der Waals surface area contributed by atoms with Crippen LogP contribution in [0, 0.1) is 19.8 Å². The Morgan fingerprint density at radius 3 is 1.00 bits per heavy atom. The van der Waals surface area contributed by atoms with Gasteiger partial charge < -0.3 is 14.4 Å². The van der Waals surface area contributed by atoms with Crippen LogP contribution in [0.1, 0.15) is 20.8 Å². The minimum Gasteiger partial charge on any atom is -0.358 e. The van der Waals surface area contributed by atoms with E-state index in [0.717, 1.165) is 0 Å². The molecule has 0 fully saturated rings. The van der Waals surface area contributed by atoms with Gasteiger partial charge in [-0.2, -0.15) is 41.8 Å². The number of rotatable bonds is 0. The van der Waals surface area contributed by atoms with Crippen LogP contribution in [0.5, 0.6) is 0 Å². The second-order valence-electron chi connectivity index (χ2n) is 4.49. The van der Waals surface area contributed by atoms with E-state index < -0.39 is 0 Å². The van der Waals surface area contributed by atoms with Crippen LogP contribution in [0.4, 0.5) is 0 Å². The number of hydrogen-bond donors (Lipinski definition) is 0. The molecular formula is C16H24Zr. The molecule has 0 atom stereocenters. The van der Waals surface area contributed by atoms with Crippen molar-refractivity contribution >= 4 is 0 Å². The Balaban J connectivity index is -0.000000163. The van der Waals surface area contributed by atoms with Crippen LogP contribution in [0.15, 0.2) is 60.7 Å². The maximum Gasteiger partial charge on any atom is 4.00 e. The van der Waals surface area contributed by atoms with E-state index in [2.05, 4.69) is 27.7 Å². The van der Waals surface area contributed by atoms with Crippen LogP contribution in [0.25, 0.3) is 0 Å². The van der Waals surface area contributed by atoms with Crippen molar-refractivity contribution in [3.8, 4) is 0 Å². The molecule has 1 heteroatoms. The molecule has 0 aliphatic carbocycles. The number of hydrogen-bond acceptors (Lipinski definition) is 0. The minimum atomic E-state index is 0. The van der Waals surface area contributed by atoms with Gasteiger partial charge >= 0.3 is 26.2 Å². The van der Waals surface area contributed by atoms with Crippen LogP contribution in [0.3, 0.4) is 0 Å². The van der Waals surface area contributed by atoms with Gasteiger partial charge in [0, 0.05) is 0 Å². The van der Waals surface area contributed by atoms with E-state index in [1.165, 1.54) is 0 Å². The molecular weight excluding hydrogens is 283 g/mol. The first-order valence-corrected chi connectivity index (χ1v) is 5.19. The van der Waals surface area contributed by atoms with Crippen LogP contribution < -0.4 is 0 Å². The standard InChI is InChI=1S/2C5H5.C5H11.CH3.Zr/c2*1-2-4-5-3-1;1-5(2,3)4;;/h2*1-5H;1H2,2-4H3;1H3;/q4*-1;+4. The second kappa shape index (κ2) is 13.6. The molecule has 0 aliphatic heterocycles. The molecule has 0 amide bonds. The molecule has 2 aromatic carbocycles. The fourth-order valence-corrected chi connectivity index (χ4v) is 0.642. The van der Waals surface area contributed by atoms with E-state index in [4.69, 9.17) is 0 Å². The first kappa shape index (κ1) is 21.8. The SMILES string of the molecule is [CH2-]C(C)(C)C.[CH3-].[Zr+4].c1cc[cH-]c1.c1cc[cH-]c1. The monoisotopic (exact) mass is 306 g/mol. The molecule has 0 N–H and O–H groups in total. The quantitative estimate of drug-likeness (QED) is 0.592. The molecule has 0 nitrogen and oxygen atoms in total. The van der Waals surface area contributed by atoms with E-state index in [9.17, 15) is 0 Å². The van der Waals surface area contributed by atoms with E-state index >= 15 is 0 Å². The Morgan fingerprint density at radius 2 is 0.941 bits per heavy atom. The third-order valence-corrected chi connectivity index (χ3v) is 1.11. The molecule has 0 unspecified atom stereocenters. The molecule has 17 heavy (non-hydrogen) atoms. The summed E-state index contributed by atoms with van der Waals surface area (Å²) in [7, 11) is 0. The summed E-state index contributed by atoms with van der Waals surface area (Å²) in [4.78, 5) is 0. The van der Waals surface area contributed by atoms with Crippen molar-refractivity contribution in [3.63, 3.8) is 0 Å². The molecule has 0 saturated carbocycles. The zero-order valence-electron chi connectivity index (χ0n) is 11.5. The van der Waals surface area contributed by atoms with Crippen molar-refractivity contribution in [3.05, 3.63) is 75.0 Å². The summed E-state index contributed by atoms with van der Waals surface area (Å²) >= 11 is 0. The second-order valence-corrected chi connectivity index (χ2v) is 4.49. The summed E-state index contributed by atoms with van der Waals surface area (Å²) in [6.07, 6.45) is 0. The molecule has 92 valence electrons. The van der Waals surface area contributed by atoms with Gasteiger partial charge in [0.05, 0.1) is 0 Å². The zero-order valence-corrected chi connectivity index (χ0v) is 13.9. The zero-order chi connectivity index (χ0) is 11.6. The topological polar surface area (TPSA) is 0 Å². The van der Waals surface area contributed by atoms with Gasteiger partial charge in [-0.25, -0.2) is 24.3 Å². The largest absolute Gasteiger partial charge is 4.00 e. The van der Waals surface area contributed by atoms with Crippen molar-refractivity contribution < 1.29 is 26.2 Å². The Labute approximate surface area is 127 Å². The third-order valence-electron chi connectivity index (χ3n) is 1.11. The molecule has 0 spiro atoms. The fourth-order valence-electron chi connectivity index (χ4n) is 0.642. The van der Waals surface area contributed by atoms with Crippen molar-refractivity contribution in [1.29, 1.82) is 0 Å². The predicted octanol–water partition coefficient (Wildman–Crippen LogP) is 5.13. The average molecular weight is 308 g/mol. The van der Waals surface area contributed by atoms with Gasteiger partial charge in [0.2, 0.25) is 0 Å². The Hall–Kier alpha value is -0.417. The maximum atomic E-state index is 3.77. The molecule has 2 aromatic rings. The van der Waals surface area contributed by atoms with Crippen molar-refractivity contribution in [2.75, 3.05) is 0 Å². The Morgan fingerprint density at radius 1 is 0.765 bits per heavy atom. The van der Waals surface area contributed by atoms with Gasteiger partial charge in [-0.15, -0.1) is 0 Å². The summed E-state index contributed by atoms with van der Waals surface area (Å²) in [6, 6.07) is 20.0. The smallest absolute Gasteiger partial charge is 0.358 e. The van der Waals surface area contributed by atoms with Crippen molar-refractivity contribution in [2.24, 2.45) is 5.41 Å². The van der Waals surface area contributed by atoms with E-state index in [-0.39, 0.29) is 39.0 Å². The Kier molecular flexibility index (Phi) is 17.5. The van der Waals surface area contributed by atoms with Crippen molar-refractivity contribution in [1.82, 2.24) is 0 Å². The molecule has 0 heterocycles. The molecule has 0 bridgehead atoms. The summed E-state index contributed by atoms with van der Waals surface area (Å²) < 4.78 is 0. The molecule has 0 saturated heterocycles. The predicted molar refractivity (Wildman–Crippen MR) is 75.3 cm³/mol. The van der Waals surface area contributed by atoms with E-state index in [0.29, 0.717) is 0 Å². The molecule has 0 aromatic heterocycles. The van der Waals surface area contributed by atoms with Gasteiger partial charge in [0.1, 0.15) is 0 Å². The van der Waals surface area contributed by atoms with Crippen LogP contribution in [-0.2, 0) is 26.2 Å². The van der Waals surface area contributed by atoms with Gasteiger partial charge in [0.25, 0.3) is 0 Å². The first-order chi connectivity index (χ1) is 7.00. The fraction of sp³-hybridized carbons (Fsp3) is 0.250. The van der Waals surface area contributed by atoms with E-state index in [1.807, 2.05) is 60.7 Å². The van der Waals surface area contributed by atoms with Gasteiger partial charge in [-0.1, -0.05) is 20.8 Å². The normalized spacial score (nSPS) is 8.24. The Bertz CT molecular complexity index is 205. The van der Waals surface area contributed by atoms with Crippen molar-refractivity contribution in [2.45, 2.75) is 20.8 Å². The van der Waals surface area contributed by atoms with Crippen LogP contribution >= 0.6 is 0 Å². The summed E-state index contributed by atoms with van der Waals surface area (Å²) in [5, 5.41) is 0. The summed E-state index contributed by atoms with van der Waals surface area (Å²) in [5.74, 6) is 0. The van der Waals surface area contributed by atoms with Gasteiger partial charge in [0.15, 0.2) is 0 Å². The maximum absolute atomic E-state index is 3.77. The molecule has 0 aliphatic rings.